The van der Waals surface area contributed by atoms with E-state index in [0.717, 1.165) is 11.1 Å². The van der Waals surface area contributed by atoms with Gasteiger partial charge in [-0.25, -0.2) is 0 Å². The first-order chi connectivity index (χ1) is 26.2. The molecule has 0 aromatic heterocycles. The Balaban J connectivity index is 1.19. The lowest BCUT2D eigenvalue weighted by Crippen LogP contribution is -2.16. The van der Waals surface area contributed by atoms with Crippen molar-refractivity contribution >= 4 is 20.2 Å². The molecule has 0 N–H and O–H groups in total. The van der Waals surface area contributed by atoms with Gasteiger partial charge in [0, 0.05) is 0 Å². The molecule has 0 atom stereocenters. The fraction of sp³-hybridized carbons (Fsp3) is 0.667. The highest BCUT2D eigenvalue weighted by molar-refractivity contribution is 7.87. The summed E-state index contributed by atoms with van der Waals surface area (Å²) in [5, 5.41) is 0. The monoisotopic (exact) mass is 810 g/mol. The summed E-state index contributed by atoms with van der Waals surface area (Å²) in [5.74, 6) is 0. The minimum atomic E-state index is -3.78. The third kappa shape index (κ3) is 25.1. The second-order valence-electron chi connectivity index (χ2n) is 11.3. The van der Waals surface area contributed by atoms with E-state index in [0.29, 0.717) is 119 Å². The molecule has 0 fully saturated rings. The predicted octanol–water partition coefficient (Wildman–Crippen LogP) is 2.58. The van der Waals surface area contributed by atoms with Gasteiger partial charge in [0.25, 0.3) is 20.2 Å². The van der Waals surface area contributed by atoms with E-state index in [1.54, 1.807) is 24.3 Å². The Morgan fingerprint density at radius 2 is 0.463 bits per heavy atom. The van der Waals surface area contributed by atoms with Crippen LogP contribution in [-0.4, -0.2) is 162 Å². The Kier molecular flexibility index (Phi) is 27.6. The Labute approximate surface area is 320 Å². The number of benzene rings is 2. The topological polar surface area (TPSA) is 179 Å². The van der Waals surface area contributed by atoms with Crippen LogP contribution in [0.4, 0.5) is 0 Å². The van der Waals surface area contributed by atoms with Gasteiger partial charge < -0.3 is 47.4 Å². The first-order valence-electron chi connectivity index (χ1n) is 17.9. The van der Waals surface area contributed by atoms with Crippen molar-refractivity contribution in [3.05, 3.63) is 59.7 Å². The van der Waals surface area contributed by atoms with Gasteiger partial charge in [-0.05, 0) is 38.1 Å². The maximum atomic E-state index is 12.1. The second-order valence-corrected chi connectivity index (χ2v) is 14.5. The summed E-state index contributed by atoms with van der Waals surface area (Å²) in [7, 11) is -7.57. The van der Waals surface area contributed by atoms with Gasteiger partial charge in [-0.3, -0.25) is 8.37 Å². The molecule has 0 aliphatic carbocycles. The van der Waals surface area contributed by atoms with E-state index < -0.39 is 20.2 Å². The van der Waals surface area contributed by atoms with Crippen LogP contribution in [0.1, 0.15) is 11.1 Å². The molecule has 0 aliphatic heterocycles. The van der Waals surface area contributed by atoms with E-state index in [1.807, 2.05) is 13.8 Å². The van der Waals surface area contributed by atoms with E-state index in [9.17, 15) is 16.8 Å². The van der Waals surface area contributed by atoms with Crippen LogP contribution in [0.25, 0.3) is 0 Å². The molecule has 2 aromatic carbocycles. The van der Waals surface area contributed by atoms with Crippen molar-refractivity contribution in [3.8, 4) is 0 Å². The standard InChI is InChI=1S/C36H58O16S2/c1-33-3-7-35(8-4-33)53(37,38)51-31-29-49-27-25-47-23-21-45-19-17-43-15-13-41-11-12-42-14-16-44-18-20-46-22-24-48-26-28-50-30-32-52-54(39,40)36-9-5-34(2)6-10-36/h3-10H,11-32H2,1-2H3. The van der Waals surface area contributed by atoms with Crippen LogP contribution < -0.4 is 0 Å². The zero-order chi connectivity index (χ0) is 39.0. The average Bonchev–Trinajstić information content (AvgIpc) is 3.15. The number of rotatable bonds is 37. The highest BCUT2D eigenvalue weighted by Crippen LogP contribution is 2.14. The fourth-order valence-corrected chi connectivity index (χ4v) is 5.82. The lowest BCUT2D eigenvalue weighted by Gasteiger charge is -2.09. The maximum absolute atomic E-state index is 12.1. The van der Waals surface area contributed by atoms with Crippen molar-refractivity contribution in [2.45, 2.75) is 23.6 Å². The summed E-state index contributed by atoms with van der Waals surface area (Å²) in [6.45, 7) is 11.4. The van der Waals surface area contributed by atoms with Crippen molar-refractivity contribution in [2.24, 2.45) is 0 Å². The van der Waals surface area contributed by atoms with Crippen molar-refractivity contribution in [1.29, 1.82) is 0 Å². The lowest BCUT2D eigenvalue weighted by molar-refractivity contribution is -0.0269. The van der Waals surface area contributed by atoms with Gasteiger partial charge >= 0.3 is 0 Å². The predicted molar refractivity (Wildman–Crippen MR) is 197 cm³/mol. The van der Waals surface area contributed by atoms with Gasteiger partial charge in [0.1, 0.15) is 0 Å². The van der Waals surface area contributed by atoms with Crippen LogP contribution in [0.2, 0.25) is 0 Å². The van der Waals surface area contributed by atoms with Crippen molar-refractivity contribution in [1.82, 2.24) is 0 Å². The molecule has 18 heteroatoms. The molecule has 2 aromatic rings. The second kappa shape index (κ2) is 31.0. The van der Waals surface area contributed by atoms with Crippen LogP contribution in [-0.2, 0) is 76.0 Å². The first kappa shape index (κ1) is 48.0. The van der Waals surface area contributed by atoms with Gasteiger partial charge in [0.05, 0.1) is 155 Å². The zero-order valence-corrected chi connectivity index (χ0v) is 33.2. The van der Waals surface area contributed by atoms with Crippen LogP contribution in [0.15, 0.2) is 58.3 Å². The third-order valence-electron chi connectivity index (χ3n) is 6.90. The van der Waals surface area contributed by atoms with Crippen molar-refractivity contribution in [3.63, 3.8) is 0 Å². The lowest BCUT2D eigenvalue weighted by atomic mass is 10.2. The molecule has 2 rings (SSSR count). The molecule has 0 unspecified atom stereocenters. The molecule has 0 radical (unpaired) electrons. The molecule has 310 valence electrons. The molecular weight excluding hydrogens is 753 g/mol. The zero-order valence-electron chi connectivity index (χ0n) is 31.5. The van der Waals surface area contributed by atoms with Gasteiger partial charge in [0.2, 0.25) is 0 Å². The minimum Gasteiger partial charge on any atom is -0.377 e. The summed E-state index contributed by atoms with van der Waals surface area (Å²) in [6.07, 6.45) is 0. The SMILES string of the molecule is Cc1ccc(S(=O)(=O)OCCOCCOCCOCCOCCOCCOCCOCCOCCOCCOCCOS(=O)(=O)c2ccc(C)cc2)cc1. The third-order valence-corrected chi connectivity index (χ3v) is 9.55. The average molecular weight is 811 g/mol. The maximum Gasteiger partial charge on any atom is 0.297 e. The minimum absolute atomic E-state index is 0.0689. The number of ether oxygens (including phenoxy) is 10. The molecule has 0 heterocycles. The number of hydrogen-bond acceptors (Lipinski definition) is 16. The molecule has 16 nitrogen and oxygen atoms in total. The van der Waals surface area contributed by atoms with Crippen molar-refractivity contribution < 1.29 is 72.6 Å². The van der Waals surface area contributed by atoms with Crippen LogP contribution in [0, 0.1) is 13.8 Å². The summed E-state index contributed by atoms with van der Waals surface area (Å²) in [5.41, 5.74) is 1.94. The Morgan fingerprint density at radius 1 is 0.296 bits per heavy atom. The quantitative estimate of drug-likeness (QED) is 0.0718. The molecule has 0 amide bonds. The van der Waals surface area contributed by atoms with E-state index in [-0.39, 0.29) is 36.2 Å². The molecule has 0 bridgehead atoms. The normalized spacial score (nSPS) is 12.1. The molecule has 0 aliphatic rings. The number of hydrogen-bond donors (Lipinski definition) is 0. The van der Waals surface area contributed by atoms with Gasteiger partial charge in [-0.2, -0.15) is 16.8 Å². The Hall–Kier alpha value is -2.14. The van der Waals surface area contributed by atoms with Crippen LogP contribution in [0.5, 0.6) is 0 Å². The largest absolute Gasteiger partial charge is 0.377 e. The van der Waals surface area contributed by atoms with Crippen molar-refractivity contribution in [2.75, 3.05) is 145 Å². The van der Waals surface area contributed by atoms with E-state index in [1.165, 1.54) is 24.3 Å². The fourth-order valence-electron chi connectivity index (χ4n) is 4.03. The van der Waals surface area contributed by atoms with E-state index in [4.69, 9.17) is 55.7 Å². The molecule has 0 saturated heterocycles. The summed E-state index contributed by atoms with van der Waals surface area (Å²) in [6, 6.07) is 12.9. The summed E-state index contributed by atoms with van der Waals surface area (Å²) < 4.78 is 113. The smallest absolute Gasteiger partial charge is 0.297 e. The molecule has 0 spiro atoms. The van der Waals surface area contributed by atoms with Gasteiger partial charge in [-0.1, -0.05) is 35.4 Å². The van der Waals surface area contributed by atoms with E-state index >= 15 is 0 Å². The highest BCUT2D eigenvalue weighted by Gasteiger charge is 2.15. The highest BCUT2D eigenvalue weighted by atomic mass is 32.2. The Morgan fingerprint density at radius 3 is 0.648 bits per heavy atom. The summed E-state index contributed by atoms with van der Waals surface area (Å²) >= 11 is 0. The summed E-state index contributed by atoms with van der Waals surface area (Å²) in [4.78, 5) is 0.241. The van der Waals surface area contributed by atoms with Crippen LogP contribution in [0.3, 0.4) is 0 Å². The number of aryl methyl sites for hydroxylation is 2. The van der Waals surface area contributed by atoms with E-state index in [2.05, 4.69) is 0 Å². The molecular formula is C36H58O16S2. The first-order valence-corrected chi connectivity index (χ1v) is 20.7. The Bertz CT molecular complexity index is 1280. The van der Waals surface area contributed by atoms with Gasteiger partial charge in [-0.15, -0.1) is 0 Å². The molecule has 54 heavy (non-hydrogen) atoms. The van der Waals surface area contributed by atoms with Crippen LogP contribution >= 0.6 is 0 Å². The molecule has 0 saturated carbocycles. The van der Waals surface area contributed by atoms with Gasteiger partial charge in [0.15, 0.2) is 0 Å².